The molecule has 2 aliphatic heterocycles. The first kappa shape index (κ1) is 21.0. The van der Waals surface area contributed by atoms with Crippen molar-refractivity contribution in [2.75, 3.05) is 24.0 Å². The molecule has 0 spiro atoms. The number of nitrogens with zero attached hydrogens (tertiary/aromatic N) is 1. The molecule has 4 rings (SSSR count). The van der Waals surface area contributed by atoms with Gasteiger partial charge in [0, 0.05) is 4.88 Å². The van der Waals surface area contributed by atoms with Gasteiger partial charge in [0.25, 0.3) is 0 Å². The van der Waals surface area contributed by atoms with Gasteiger partial charge in [-0.05, 0) is 54.1 Å². The molecule has 1 N–H and O–H groups in total. The maximum atomic E-state index is 13.6. The van der Waals surface area contributed by atoms with E-state index < -0.39 is 47.0 Å². The first-order valence-electron chi connectivity index (χ1n) is 9.46. The summed E-state index contributed by atoms with van der Waals surface area (Å²) in [7, 11) is 1.29. The topological polar surface area (TPSA) is 75.7 Å². The third-order valence-electron chi connectivity index (χ3n) is 5.84. The Morgan fingerprint density at radius 3 is 2.60 bits per heavy atom. The van der Waals surface area contributed by atoms with Crippen LogP contribution in [0.4, 0.5) is 10.1 Å². The van der Waals surface area contributed by atoms with E-state index in [9.17, 15) is 18.8 Å². The highest BCUT2D eigenvalue weighted by molar-refractivity contribution is 7.98. The molecule has 6 nitrogen and oxygen atoms in total. The van der Waals surface area contributed by atoms with Gasteiger partial charge in [-0.25, -0.2) is 9.29 Å². The van der Waals surface area contributed by atoms with E-state index in [1.165, 1.54) is 42.7 Å². The quantitative estimate of drug-likeness (QED) is 0.541. The molecule has 0 bridgehead atoms. The van der Waals surface area contributed by atoms with Crippen molar-refractivity contribution in [2.24, 2.45) is 11.8 Å². The van der Waals surface area contributed by atoms with Gasteiger partial charge in [-0.2, -0.15) is 11.8 Å². The summed E-state index contributed by atoms with van der Waals surface area (Å²) < 4.78 is 18.5. The van der Waals surface area contributed by atoms with Crippen molar-refractivity contribution in [3.8, 4) is 0 Å². The average Bonchev–Trinajstić information content (AvgIpc) is 3.44. The number of hydrogen-bond donors (Lipinski definition) is 1. The molecule has 0 unspecified atom stereocenters. The van der Waals surface area contributed by atoms with Crippen LogP contribution in [0.2, 0.25) is 0 Å². The van der Waals surface area contributed by atoms with Crippen LogP contribution in [0.25, 0.3) is 0 Å². The Balaban J connectivity index is 1.83. The Kier molecular flexibility index (Phi) is 5.69. The number of benzene rings is 1. The van der Waals surface area contributed by atoms with Crippen LogP contribution in [0.5, 0.6) is 0 Å². The second kappa shape index (κ2) is 8.13. The fraction of sp³-hybridized carbons (Fsp3) is 0.381. The number of carbonyl (C=O) groups is 3. The van der Waals surface area contributed by atoms with Crippen LogP contribution in [0.1, 0.15) is 17.3 Å². The molecule has 2 aromatic rings. The van der Waals surface area contributed by atoms with Gasteiger partial charge in [0.2, 0.25) is 11.8 Å². The van der Waals surface area contributed by atoms with Crippen molar-refractivity contribution in [1.29, 1.82) is 0 Å². The Morgan fingerprint density at radius 2 is 2.00 bits per heavy atom. The standard InChI is InChI=1S/C21H21FN2O4S2/c1-28-20(27)21(9-11-29-2)16-15(17(23-21)14-4-3-10-30-14)18(25)24(19(16)26)13-7-5-12(22)6-8-13/h3-8,10,15-17,23H,9,11H2,1-2H3/t15-,16+,17-,21-/m1/s1. The normalized spacial score (nSPS) is 28.1. The molecular formula is C21H21FN2O4S2. The summed E-state index contributed by atoms with van der Waals surface area (Å²) in [5, 5.41) is 5.22. The number of hydrogen-bond acceptors (Lipinski definition) is 7. The number of fused-ring (bicyclic) bond motifs is 1. The Labute approximate surface area is 181 Å². The summed E-state index contributed by atoms with van der Waals surface area (Å²) in [6.07, 6.45) is 2.26. The smallest absolute Gasteiger partial charge is 0.326 e. The Bertz CT molecular complexity index is 966. The van der Waals surface area contributed by atoms with E-state index in [2.05, 4.69) is 5.32 Å². The van der Waals surface area contributed by atoms with Gasteiger partial charge >= 0.3 is 5.97 Å². The molecule has 4 atom stereocenters. The number of methoxy groups -OCH3 is 1. The molecule has 1 aromatic heterocycles. The maximum absolute atomic E-state index is 13.6. The summed E-state index contributed by atoms with van der Waals surface area (Å²) in [5.74, 6) is -2.90. The second-order valence-corrected chi connectivity index (χ2v) is 9.30. The maximum Gasteiger partial charge on any atom is 0.326 e. The summed E-state index contributed by atoms with van der Waals surface area (Å²) in [4.78, 5) is 42.0. The van der Waals surface area contributed by atoms with Gasteiger partial charge in [0.05, 0.1) is 30.7 Å². The predicted octanol–water partition coefficient (Wildman–Crippen LogP) is 3.00. The van der Waals surface area contributed by atoms with E-state index in [-0.39, 0.29) is 0 Å². The van der Waals surface area contributed by atoms with Crippen molar-refractivity contribution >= 4 is 46.6 Å². The van der Waals surface area contributed by atoms with Crippen molar-refractivity contribution in [1.82, 2.24) is 5.32 Å². The van der Waals surface area contributed by atoms with E-state index in [1.807, 2.05) is 23.8 Å². The van der Waals surface area contributed by atoms with E-state index in [1.54, 1.807) is 11.8 Å². The SMILES string of the molecule is COC(=O)[C@]1(CCSC)N[C@H](c2cccs2)[C@@H]2C(=O)N(c3ccc(F)cc3)C(=O)[C@H]21. The number of nitrogens with one attached hydrogen (secondary N) is 1. The lowest BCUT2D eigenvalue weighted by Crippen LogP contribution is -2.56. The zero-order chi connectivity index (χ0) is 21.5. The van der Waals surface area contributed by atoms with E-state index in [4.69, 9.17) is 4.74 Å². The minimum atomic E-state index is -1.31. The number of thiophene rings is 1. The van der Waals surface area contributed by atoms with E-state index in [0.29, 0.717) is 17.9 Å². The zero-order valence-corrected chi connectivity index (χ0v) is 18.1. The third kappa shape index (κ3) is 3.16. The van der Waals surface area contributed by atoms with Crippen molar-refractivity contribution in [3.63, 3.8) is 0 Å². The molecule has 158 valence electrons. The van der Waals surface area contributed by atoms with Gasteiger partial charge in [-0.1, -0.05) is 6.07 Å². The summed E-state index contributed by atoms with van der Waals surface area (Å²) in [6.45, 7) is 0. The number of amides is 2. The summed E-state index contributed by atoms with van der Waals surface area (Å²) in [6, 6.07) is 8.50. The molecular weight excluding hydrogens is 427 g/mol. The summed E-state index contributed by atoms with van der Waals surface area (Å²) >= 11 is 3.02. The first-order chi connectivity index (χ1) is 14.4. The molecule has 2 aliphatic rings. The van der Waals surface area contributed by atoms with Crippen molar-refractivity contribution in [3.05, 3.63) is 52.5 Å². The van der Waals surface area contributed by atoms with Crippen LogP contribution < -0.4 is 10.2 Å². The fourth-order valence-electron chi connectivity index (χ4n) is 4.52. The Morgan fingerprint density at radius 1 is 1.27 bits per heavy atom. The fourth-order valence-corrected chi connectivity index (χ4v) is 5.87. The third-order valence-corrected chi connectivity index (χ3v) is 7.41. The van der Waals surface area contributed by atoms with Gasteiger partial charge < -0.3 is 4.74 Å². The lowest BCUT2D eigenvalue weighted by atomic mass is 9.78. The van der Waals surface area contributed by atoms with Gasteiger partial charge in [0.1, 0.15) is 11.4 Å². The monoisotopic (exact) mass is 448 g/mol. The van der Waals surface area contributed by atoms with Gasteiger partial charge in [0.15, 0.2) is 0 Å². The number of halogens is 1. The molecule has 9 heteroatoms. The molecule has 30 heavy (non-hydrogen) atoms. The lowest BCUT2D eigenvalue weighted by Gasteiger charge is -2.32. The lowest BCUT2D eigenvalue weighted by molar-refractivity contribution is -0.152. The molecule has 2 amide bonds. The minimum absolute atomic E-state index is 0.300. The molecule has 2 saturated heterocycles. The first-order valence-corrected chi connectivity index (χ1v) is 11.7. The van der Waals surface area contributed by atoms with Gasteiger partial charge in [-0.3, -0.25) is 19.7 Å². The van der Waals surface area contributed by atoms with Crippen LogP contribution in [-0.2, 0) is 19.1 Å². The molecule has 0 radical (unpaired) electrons. The average molecular weight is 449 g/mol. The van der Waals surface area contributed by atoms with Crippen molar-refractivity contribution < 1.29 is 23.5 Å². The zero-order valence-electron chi connectivity index (χ0n) is 16.5. The van der Waals surface area contributed by atoms with Crippen LogP contribution in [0.15, 0.2) is 41.8 Å². The number of thioether (sulfide) groups is 1. The number of carbonyl (C=O) groups excluding carboxylic acids is 3. The van der Waals surface area contributed by atoms with Crippen LogP contribution in [0.3, 0.4) is 0 Å². The van der Waals surface area contributed by atoms with Crippen molar-refractivity contribution in [2.45, 2.75) is 18.0 Å². The number of ether oxygens (including phenoxy) is 1. The van der Waals surface area contributed by atoms with Crippen LogP contribution in [-0.4, -0.2) is 42.4 Å². The second-order valence-electron chi connectivity index (χ2n) is 7.33. The molecule has 0 aliphatic carbocycles. The van der Waals surface area contributed by atoms with Crippen LogP contribution >= 0.6 is 23.1 Å². The highest BCUT2D eigenvalue weighted by Crippen LogP contribution is 2.52. The largest absolute Gasteiger partial charge is 0.468 e. The number of rotatable bonds is 6. The highest BCUT2D eigenvalue weighted by atomic mass is 32.2. The van der Waals surface area contributed by atoms with E-state index >= 15 is 0 Å². The van der Waals surface area contributed by atoms with Crippen LogP contribution in [0, 0.1) is 17.7 Å². The highest BCUT2D eigenvalue weighted by Gasteiger charge is 2.68. The summed E-state index contributed by atoms with van der Waals surface area (Å²) in [5.41, 5.74) is -1.01. The molecule has 1 aromatic carbocycles. The Hall–Kier alpha value is -2.23. The predicted molar refractivity (Wildman–Crippen MR) is 114 cm³/mol. The number of imide groups is 1. The molecule has 2 fully saturated rings. The molecule has 3 heterocycles. The van der Waals surface area contributed by atoms with E-state index in [0.717, 1.165) is 9.78 Å². The molecule has 0 saturated carbocycles. The number of esters is 1. The minimum Gasteiger partial charge on any atom is -0.468 e. The number of anilines is 1. The van der Waals surface area contributed by atoms with Gasteiger partial charge in [-0.15, -0.1) is 11.3 Å².